The van der Waals surface area contributed by atoms with Crippen molar-refractivity contribution in [1.29, 1.82) is 0 Å². The third-order valence-electron chi connectivity index (χ3n) is 3.03. The first-order chi connectivity index (χ1) is 9.46. The van der Waals surface area contributed by atoms with Crippen molar-refractivity contribution < 1.29 is 23.1 Å². The molecular formula is C11H17N3O5S. The highest BCUT2D eigenvalue weighted by atomic mass is 32.2. The number of hydrogen-bond donors (Lipinski definition) is 3. The molecule has 0 bridgehead atoms. The molecule has 1 aliphatic rings. The molecule has 2 heterocycles. The third kappa shape index (κ3) is 4.29. The van der Waals surface area contributed by atoms with Crippen LogP contribution in [-0.2, 0) is 26.0 Å². The number of hydrogen-bond acceptors (Lipinski definition) is 5. The highest BCUT2D eigenvalue weighted by Gasteiger charge is 2.28. The topological polar surface area (TPSA) is 121 Å². The first-order valence-electron chi connectivity index (χ1n) is 6.28. The molecule has 0 amide bonds. The van der Waals surface area contributed by atoms with Crippen molar-refractivity contribution in [2.45, 2.75) is 31.4 Å². The SMILES string of the molecule is O=C(O)C(Cc1cnc[nH]1)NS(=O)(=O)CC1CCCO1. The molecule has 0 spiro atoms. The van der Waals surface area contributed by atoms with Crippen LogP contribution in [0.5, 0.6) is 0 Å². The lowest BCUT2D eigenvalue weighted by atomic mass is 10.2. The number of imidazole rings is 1. The standard InChI is InChI=1S/C11H17N3O5S/c15-11(16)10(4-8-5-12-7-13-8)14-20(17,18)6-9-2-1-3-19-9/h5,7,9-10,14H,1-4,6H2,(H,12,13)(H,15,16). The summed E-state index contributed by atoms with van der Waals surface area (Å²) in [5.41, 5.74) is 0.553. The number of sulfonamides is 1. The van der Waals surface area contributed by atoms with Gasteiger partial charge in [0.25, 0.3) is 0 Å². The lowest BCUT2D eigenvalue weighted by Gasteiger charge is -2.16. The summed E-state index contributed by atoms with van der Waals surface area (Å²) in [6, 6.07) is -1.22. The molecule has 0 saturated carbocycles. The zero-order valence-electron chi connectivity index (χ0n) is 10.8. The highest BCUT2D eigenvalue weighted by molar-refractivity contribution is 7.89. The van der Waals surface area contributed by atoms with Gasteiger partial charge in [-0.3, -0.25) is 4.79 Å². The van der Waals surface area contributed by atoms with Gasteiger partial charge in [0, 0.05) is 24.9 Å². The minimum Gasteiger partial charge on any atom is -0.480 e. The van der Waals surface area contributed by atoms with E-state index in [-0.39, 0.29) is 18.3 Å². The average molecular weight is 303 g/mol. The summed E-state index contributed by atoms with van der Waals surface area (Å²) in [6.45, 7) is 0.552. The molecule has 2 rings (SSSR count). The zero-order valence-corrected chi connectivity index (χ0v) is 11.6. The summed E-state index contributed by atoms with van der Waals surface area (Å²) in [7, 11) is -3.70. The summed E-state index contributed by atoms with van der Waals surface area (Å²) >= 11 is 0. The van der Waals surface area contributed by atoms with Crippen molar-refractivity contribution in [3.63, 3.8) is 0 Å². The molecule has 1 aliphatic heterocycles. The van der Waals surface area contributed by atoms with Gasteiger partial charge in [0.15, 0.2) is 0 Å². The second-order valence-corrected chi connectivity index (χ2v) is 6.50. The fourth-order valence-corrected chi connectivity index (χ4v) is 3.55. The number of nitrogens with zero attached hydrogens (tertiary/aromatic N) is 1. The normalized spacial score (nSPS) is 20.9. The van der Waals surface area contributed by atoms with Crippen LogP contribution < -0.4 is 4.72 Å². The van der Waals surface area contributed by atoms with Crippen LogP contribution in [0.4, 0.5) is 0 Å². The van der Waals surface area contributed by atoms with E-state index in [1.54, 1.807) is 0 Å². The number of aliphatic carboxylic acids is 1. The van der Waals surface area contributed by atoms with Crippen LogP contribution in [0.3, 0.4) is 0 Å². The molecule has 1 aromatic heterocycles. The average Bonchev–Trinajstić information content (AvgIpc) is 3.00. The van der Waals surface area contributed by atoms with Crippen molar-refractivity contribution in [1.82, 2.24) is 14.7 Å². The number of aromatic amines is 1. The number of carboxylic acids is 1. The van der Waals surface area contributed by atoms with Crippen LogP contribution in [0.25, 0.3) is 0 Å². The molecule has 8 nitrogen and oxygen atoms in total. The Morgan fingerprint density at radius 3 is 3.00 bits per heavy atom. The van der Waals surface area contributed by atoms with E-state index in [0.29, 0.717) is 18.7 Å². The number of H-pyrrole nitrogens is 1. The van der Waals surface area contributed by atoms with Crippen LogP contribution in [0.1, 0.15) is 18.5 Å². The van der Waals surface area contributed by atoms with Gasteiger partial charge in [0.2, 0.25) is 10.0 Å². The van der Waals surface area contributed by atoms with Crippen LogP contribution in [0, 0.1) is 0 Å². The first-order valence-corrected chi connectivity index (χ1v) is 7.93. The van der Waals surface area contributed by atoms with E-state index in [2.05, 4.69) is 14.7 Å². The Labute approximate surface area is 116 Å². The molecule has 0 aromatic carbocycles. The van der Waals surface area contributed by atoms with E-state index in [1.807, 2.05) is 0 Å². The van der Waals surface area contributed by atoms with Gasteiger partial charge in [-0.2, -0.15) is 0 Å². The van der Waals surface area contributed by atoms with E-state index < -0.39 is 22.0 Å². The monoisotopic (exact) mass is 303 g/mol. The molecule has 0 radical (unpaired) electrons. The summed E-state index contributed by atoms with van der Waals surface area (Å²) in [5, 5.41) is 9.10. The lowest BCUT2D eigenvalue weighted by molar-refractivity contribution is -0.138. The number of rotatable bonds is 7. The summed E-state index contributed by atoms with van der Waals surface area (Å²) in [5.74, 6) is -1.43. The Balaban J connectivity index is 1.97. The molecule has 112 valence electrons. The number of aromatic nitrogens is 2. The summed E-state index contributed by atoms with van der Waals surface area (Å²) in [6.07, 6.45) is 4.05. The van der Waals surface area contributed by atoms with Gasteiger partial charge in [-0.15, -0.1) is 0 Å². The van der Waals surface area contributed by atoms with E-state index in [1.165, 1.54) is 12.5 Å². The van der Waals surface area contributed by atoms with Crippen molar-refractivity contribution in [3.8, 4) is 0 Å². The Morgan fingerprint density at radius 2 is 2.45 bits per heavy atom. The number of nitrogens with one attached hydrogen (secondary N) is 2. The fraction of sp³-hybridized carbons (Fsp3) is 0.636. The lowest BCUT2D eigenvalue weighted by Crippen LogP contribution is -2.44. The molecule has 2 unspecified atom stereocenters. The molecule has 3 N–H and O–H groups in total. The van der Waals surface area contributed by atoms with Gasteiger partial charge >= 0.3 is 5.97 Å². The van der Waals surface area contributed by atoms with Crippen LogP contribution in [0.2, 0.25) is 0 Å². The Bertz CT molecular complexity index is 536. The van der Waals surface area contributed by atoms with Crippen LogP contribution >= 0.6 is 0 Å². The fourth-order valence-electron chi connectivity index (χ4n) is 2.08. The number of ether oxygens (including phenoxy) is 1. The Hall–Kier alpha value is -1.45. The van der Waals surface area contributed by atoms with Gasteiger partial charge in [-0.25, -0.2) is 18.1 Å². The third-order valence-corrected chi connectivity index (χ3v) is 4.48. The predicted octanol–water partition coefficient (Wildman–Crippen LogP) is -0.496. The van der Waals surface area contributed by atoms with Crippen molar-refractivity contribution in [2.75, 3.05) is 12.4 Å². The number of carbonyl (C=O) groups is 1. The van der Waals surface area contributed by atoms with Crippen LogP contribution in [0.15, 0.2) is 12.5 Å². The second kappa shape index (κ2) is 6.33. The smallest absolute Gasteiger partial charge is 0.322 e. The van der Waals surface area contributed by atoms with Crippen molar-refractivity contribution in [3.05, 3.63) is 18.2 Å². The summed E-state index contributed by atoms with van der Waals surface area (Å²) < 4.78 is 31.4. The van der Waals surface area contributed by atoms with Crippen LogP contribution in [-0.4, -0.2) is 54.0 Å². The first kappa shape index (κ1) is 14.9. The molecule has 0 aliphatic carbocycles. The Morgan fingerprint density at radius 1 is 1.65 bits per heavy atom. The molecular weight excluding hydrogens is 286 g/mol. The minimum atomic E-state index is -3.70. The zero-order chi connectivity index (χ0) is 14.6. The molecule has 1 saturated heterocycles. The van der Waals surface area contributed by atoms with E-state index >= 15 is 0 Å². The van der Waals surface area contributed by atoms with Gasteiger partial charge in [0.1, 0.15) is 6.04 Å². The van der Waals surface area contributed by atoms with Gasteiger partial charge in [-0.1, -0.05) is 0 Å². The largest absolute Gasteiger partial charge is 0.480 e. The molecule has 9 heteroatoms. The van der Waals surface area contributed by atoms with E-state index in [0.717, 1.165) is 6.42 Å². The van der Waals surface area contributed by atoms with Gasteiger partial charge < -0.3 is 14.8 Å². The van der Waals surface area contributed by atoms with Crippen molar-refractivity contribution in [2.24, 2.45) is 0 Å². The van der Waals surface area contributed by atoms with E-state index in [4.69, 9.17) is 9.84 Å². The minimum absolute atomic E-state index is 0.0140. The second-order valence-electron chi connectivity index (χ2n) is 4.71. The maximum Gasteiger partial charge on any atom is 0.322 e. The summed E-state index contributed by atoms with van der Waals surface area (Å²) in [4.78, 5) is 17.7. The maximum atomic E-state index is 11.9. The van der Waals surface area contributed by atoms with Gasteiger partial charge in [-0.05, 0) is 12.8 Å². The van der Waals surface area contributed by atoms with Gasteiger partial charge in [0.05, 0.1) is 18.2 Å². The number of carboxylic acid groups (broad SMARTS) is 1. The molecule has 20 heavy (non-hydrogen) atoms. The maximum absolute atomic E-state index is 11.9. The highest BCUT2D eigenvalue weighted by Crippen LogP contribution is 2.14. The van der Waals surface area contributed by atoms with Crippen molar-refractivity contribution >= 4 is 16.0 Å². The predicted molar refractivity (Wildman–Crippen MR) is 69.6 cm³/mol. The molecule has 1 fully saturated rings. The quantitative estimate of drug-likeness (QED) is 0.624. The van der Waals surface area contributed by atoms with E-state index in [9.17, 15) is 13.2 Å². The Kier molecular flexibility index (Phi) is 4.73. The molecule has 1 aromatic rings. The molecule has 2 atom stereocenters.